The highest BCUT2D eigenvalue weighted by Gasteiger charge is 2.11. The Morgan fingerprint density at radius 1 is 1.31 bits per heavy atom. The van der Waals surface area contributed by atoms with Gasteiger partial charge in [0.05, 0.1) is 24.0 Å². The summed E-state index contributed by atoms with van der Waals surface area (Å²) >= 11 is 6.03. The van der Waals surface area contributed by atoms with Crippen molar-refractivity contribution in [3.8, 4) is 0 Å². The SMILES string of the molecule is CCC(COC)Nc1nc(C)c(C)nc1Cl. The summed E-state index contributed by atoms with van der Waals surface area (Å²) in [7, 11) is 1.68. The number of rotatable bonds is 5. The van der Waals surface area contributed by atoms with Crippen molar-refractivity contribution in [1.29, 1.82) is 0 Å². The molecule has 16 heavy (non-hydrogen) atoms. The lowest BCUT2D eigenvalue weighted by atomic mass is 10.2. The van der Waals surface area contributed by atoms with Crippen molar-refractivity contribution in [2.45, 2.75) is 33.2 Å². The number of nitrogens with one attached hydrogen (secondary N) is 1. The van der Waals surface area contributed by atoms with Gasteiger partial charge in [0.25, 0.3) is 0 Å². The Balaban J connectivity index is 2.83. The molecular weight excluding hydrogens is 226 g/mol. The van der Waals surface area contributed by atoms with Gasteiger partial charge in [0.1, 0.15) is 0 Å². The fourth-order valence-corrected chi connectivity index (χ4v) is 1.55. The molecule has 0 fully saturated rings. The fourth-order valence-electron chi connectivity index (χ4n) is 1.32. The standard InChI is InChI=1S/C11H18ClN3O/c1-5-9(6-16-4)15-11-10(12)13-7(2)8(3)14-11/h9H,5-6H2,1-4H3,(H,14,15). The van der Waals surface area contributed by atoms with Gasteiger partial charge in [-0.3, -0.25) is 0 Å². The number of halogens is 1. The second-order valence-corrected chi connectivity index (χ2v) is 4.10. The van der Waals surface area contributed by atoms with Gasteiger partial charge in [-0.2, -0.15) is 0 Å². The van der Waals surface area contributed by atoms with Crippen LogP contribution >= 0.6 is 11.6 Å². The Labute approximate surface area is 101 Å². The number of anilines is 1. The van der Waals surface area contributed by atoms with E-state index >= 15 is 0 Å². The maximum Gasteiger partial charge on any atom is 0.171 e. The maximum atomic E-state index is 6.03. The summed E-state index contributed by atoms with van der Waals surface area (Å²) in [6.07, 6.45) is 0.943. The third-order valence-electron chi connectivity index (χ3n) is 2.47. The number of nitrogens with zero attached hydrogens (tertiary/aromatic N) is 2. The highest BCUT2D eigenvalue weighted by atomic mass is 35.5. The first-order valence-corrected chi connectivity index (χ1v) is 5.72. The summed E-state index contributed by atoms with van der Waals surface area (Å²) in [5.74, 6) is 0.633. The highest BCUT2D eigenvalue weighted by molar-refractivity contribution is 6.31. The van der Waals surface area contributed by atoms with Crippen LogP contribution in [0.2, 0.25) is 5.15 Å². The zero-order valence-corrected chi connectivity index (χ0v) is 10.9. The summed E-state index contributed by atoms with van der Waals surface area (Å²) in [5, 5.41) is 3.65. The molecule has 1 aromatic rings. The van der Waals surface area contributed by atoms with Gasteiger partial charge in [-0.25, -0.2) is 9.97 Å². The van der Waals surface area contributed by atoms with E-state index in [0.29, 0.717) is 17.6 Å². The molecule has 0 radical (unpaired) electrons. The van der Waals surface area contributed by atoms with Crippen molar-refractivity contribution in [1.82, 2.24) is 9.97 Å². The van der Waals surface area contributed by atoms with E-state index in [1.54, 1.807) is 7.11 Å². The Kier molecular flexibility index (Phi) is 4.96. The molecule has 0 saturated heterocycles. The van der Waals surface area contributed by atoms with Crippen LogP contribution in [0, 0.1) is 13.8 Å². The molecule has 0 aliphatic heterocycles. The third kappa shape index (κ3) is 3.32. The number of ether oxygens (including phenoxy) is 1. The third-order valence-corrected chi connectivity index (χ3v) is 2.73. The van der Waals surface area contributed by atoms with Gasteiger partial charge in [-0.1, -0.05) is 18.5 Å². The van der Waals surface area contributed by atoms with Crippen LogP contribution in [0.25, 0.3) is 0 Å². The van der Waals surface area contributed by atoms with Crippen LogP contribution in [0.5, 0.6) is 0 Å². The average Bonchev–Trinajstić information content (AvgIpc) is 2.25. The number of hydrogen-bond donors (Lipinski definition) is 1. The first kappa shape index (κ1) is 13.2. The molecule has 5 heteroatoms. The monoisotopic (exact) mass is 243 g/mol. The molecule has 1 rings (SSSR count). The topological polar surface area (TPSA) is 47.0 Å². The molecule has 1 unspecified atom stereocenters. The number of methoxy groups -OCH3 is 1. The molecule has 0 aliphatic rings. The van der Waals surface area contributed by atoms with Crippen molar-refractivity contribution >= 4 is 17.4 Å². The van der Waals surface area contributed by atoms with Gasteiger partial charge in [-0.15, -0.1) is 0 Å². The molecule has 4 nitrogen and oxygen atoms in total. The van der Waals surface area contributed by atoms with E-state index in [0.717, 1.165) is 17.8 Å². The minimum atomic E-state index is 0.207. The van der Waals surface area contributed by atoms with Crippen LogP contribution < -0.4 is 5.32 Å². The minimum Gasteiger partial charge on any atom is -0.383 e. The summed E-state index contributed by atoms with van der Waals surface area (Å²) in [6.45, 7) is 6.52. The Bertz CT molecular complexity index is 357. The Morgan fingerprint density at radius 2 is 1.94 bits per heavy atom. The van der Waals surface area contributed by atoms with Crippen molar-refractivity contribution < 1.29 is 4.74 Å². The van der Waals surface area contributed by atoms with Gasteiger partial charge in [0, 0.05) is 7.11 Å². The van der Waals surface area contributed by atoms with E-state index in [1.807, 2.05) is 13.8 Å². The number of hydrogen-bond acceptors (Lipinski definition) is 4. The molecule has 1 atom stereocenters. The van der Waals surface area contributed by atoms with E-state index in [-0.39, 0.29) is 6.04 Å². The zero-order valence-electron chi connectivity index (χ0n) is 10.2. The summed E-state index contributed by atoms with van der Waals surface area (Å²) < 4.78 is 5.11. The number of aromatic nitrogens is 2. The van der Waals surface area contributed by atoms with Crippen LogP contribution in [0.15, 0.2) is 0 Å². The molecule has 90 valence electrons. The first-order valence-electron chi connectivity index (χ1n) is 5.34. The minimum absolute atomic E-state index is 0.207. The van der Waals surface area contributed by atoms with Crippen LogP contribution in [0.3, 0.4) is 0 Å². The molecule has 0 aliphatic carbocycles. The normalized spacial score (nSPS) is 12.6. The number of aryl methyl sites for hydroxylation is 2. The van der Waals surface area contributed by atoms with Crippen LogP contribution in [0.1, 0.15) is 24.7 Å². The van der Waals surface area contributed by atoms with E-state index in [9.17, 15) is 0 Å². The average molecular weight is 244 g/mol. The van der Waals surface area contributed by atoms with E-state index < -0.39 is 0 Å². The molecule has 0 spiro atoms. The van der Waals surface area contributed by atoms with E-state index in [1.165, 1.54) is 0 Å². The van der Waals surface area contributed by atoms with Crippen molar-refractivity contribution in [3.05, 3.63) is 16.5 Å². The second kappa shape index (κ2) is 6.01. The van der Waals surface area contributed by atoms with Crippen molar-refractivity contribution in [2.75, 3.05) is 19.0 Å². The zero-order chi connectivity index (χ0) is 12.1. The van der Waals surface area contributed by atoms with Crippen molar-refractivity contribution in [3.63, 3.8) is 0 Å². The lowest BCUT2D eigenvalue weighted by Crippen LogP contribution is -2.25. The predicted molar refractivity (Wildman–Crippen MR) is 66.1 cm³/mol. The van der Waals surface area contributed by atoms with Gasteiger partial charge < -0.3 is 10.1 Å². The highest BCUT2D eigenvalue weighted by Crippen LogP contribution is 2.19. The van der Waals surface area contributed by atoms with E-state index in [4.69, 9.17) is 16.3 Å². The van der Waals surface area contributed by atoms with Crippen LogP contribution in [-0.2, 0) is 4.74 Å². The van der Waals surface area contributed by atoms with E-state index in [2.05, 4.69) is 22.2 Å². The lowest BCUT2D eigenvalue weighted by Gasteiger charge is -2.17. The smallest absolute Gasteiger partial charge is 0.171 e. The van der Waals surface area contributed by atoms with Crippen molar-refractivity contribution in [2.24, 2.45) is 0 Å². The van der Waals surface area contributed by atoms with Gasteiger partial charge in [-0.05, 0) is 20.3 Å². The van der Waals surface area contributed by atoms with Crippen LogP contribution in [0.4, 0.5) is 5.82 Å². The maximum absolute atomic E-state index is 6.03. The fraction of sp³-hybridized carbons (Fsp3) is 0.636. The molecule has 0 saturated carbocycles. The molecule has 1 heterocycles. The van der Waals surface area contributed by atoms with Crippen LogP contribution in [-0.4, -0.2) is 29.7 Å². The lowest BCUT2D eigenvalue weighted by molar-refractivity contribution is 0.184. The Morgan fingerprint density at radius 3 is 2.50 bits per heavy atom. The molecule has 1 aromatic heterocycles. The molecule has 0 aromatic carbocycles. The Hall–Kier alpha value is -0.870. The summed E-state index contributed by atoms with van der Waals surface area (Å²) in [4.78, 5) is 8.60. The van der Waals surface area contributed by atoms with Gasteiger partial charge in [0.2, 0.25) is 0 Å². The molecule has 1 N–H and O–H groups in total. The second-order valence-electron chi connectivity index (χ2n) is 3.74. The van der Waals surface area contributed by atoms with Gasteiger partial charge >= 0.3 is 0 Å². The molecule has 0 amide bonds. The molecule has 0 bridgehead atoms. The first-order chi connectivity index (χ1) is 7.58. The summed E-state index contributed by atoms with van der Waals surface area (Å²) in [6, 6.07) is 0.207. The largest absolute Gasteiger partial charge is 0.383 e. The molecular formula is C11H18ClN3O. The van der Waals surface area contributed by atoms with Gasteiger partial charge in [0.15, 0.2) is 11.0 Å². The summed E-state index contributed by atoms with van der Waals surface area (Å²) in [5.41, 5.74) is 1.74. The predicted octanol–water partition coefficient (Wildman–Crippen LogP) is 2.58. The quantitative estimate of drug-likeness (QED) is 0.864.